The maximum atomic E-state index is 12.9. The van der Waals surface area contributed by atoms with E-state index in [4.69, 9.17) is 27.9 Å². The van der Waals surface area contributed by atoms with Crippen LogP contribution in [0.4, 0.5) is 4.39 Å². The Morgan fingerprint density at radius 1 is 1.03 bits per heavy atom. The first-order valence-electron chi connectivity index (χ1n) is 9.10. The summed E-state index contributed by atoms with van der Waals surface area (Å²) in [6.07, 6.45) is 1.55. The summed E-state index contributed by atoms with van der Waals surface area (Å²) in [5.41, 5.74) is 6.35. The van der Waals surface area contributed by atoms with Crippen LogP contribution >= 0.6 is 23.2 Å². The van der Waals surface area contributed by atoms with Gasteiger partial charge in [0.25, 0.3) is 5.91 Å². The van der Waals surface area contributed by atoms with Gasteiger partial charge in [-0.2, -0.15) is 5.10 Å². The Morgan fingerprint density at radius 2 is 1.70 bits per heavy atom. The minimum absolute atomic E-state index is 0.326. The van der Waals surface area contributed by atoms with Crippen molar-refractivity contribution in [1.29, 1.82) is 0 Å². The van der Waals surface area contributed by atoms with Crippen LogP contribution in [-0.4, -0.2) is 12.1 Å². The van der Waals surface area contributed by atoms with Gasteiger partial charge < -0.3 is 4.74 Å². The van der Waals surface area contributed by atoms with Gasteiger partial charge in [0.05, 0.1) is 16.3 Å². The third kappa shape index (κ3) is 5.59. The van der Waals surface area contributed by atoms with E-state index in [1.54, 1.807) is 18.3 Å². The first-order chi connectivity index (χ1) is 14.3. The minimum atomic E-state index is -0.415. The fraction of sp³-hybridized carbons (Fsp3) is 0.130. The minimum Gasteiger partial charge on any atom is -0.488 e. The number of aryl methyl sites for hydroxylation is 2. The molecular weight excluding hydrogens is 426 g/mol. The van der Waals surface area contributed by atoms with Gasteiger partial charge in [-0.15, -0.1) is 0 Å². The second kappa shape index (κ2) is 9.74. The fourth-order valence-corrected chi connectivity index (χ4v) is 3.22. The Morgan fingerprint density at radius 3 is 2.33 bits per heavy atom. The van der Waals surface area contributed by atoms with Gasteiger partial charge in [0.15, 0.2) is 0 Å². The summed E-state index contributed by atoms with van der Waals surface area (Å²) in [4.78, 5) is 12.0. The average molecular weight is 445 g/mol. The monoisotopic (exact) mass is 444 g/mol. The summed E-state index contributed by atoms with van der Waals surface area (Å²) >= 11 is 12.0. The number of benzene rings is 3. The number of rotatable bonds is 6. The van der Waals surface area contributed by atoms with Crippen LogP contribution in [0.3, 0.4) is 0 Å². The van der Waals surface area contributed by atoms with Crippen LogP contribution in [-0.2, 0) is 6.61 Å². The second-order valence-electron chi connectivity index (χ2n) is 6.73. The normalized spacial score (nSPS) is 11.0. The van der Waals surface area contributed by atoms with Gasteiger partial charge in [-0.3, -0.25) is 4.79 Å². The molecule has 0 spiro atoms. The summed E-state index contributed by atoms with van der Waals surface area (Å²) in [6.45, 7) is 4.23. The SMILES string of the molecule is Cc1cc(/C=N\NC(=O)c2ccc(F)cc2)cc(C)c1OCc1ccc(Cl)c(Cl)c1. The zero-order valence-electron chi connectivity index (χ0n) is 16.4. The van der Waals surface area contributed by atoms with Crippen molar-refractivity contribution in [2.24, 2.45) is 5.10 Å². The highest BCUT2D eigenvalue weighted by Gasteiger charge is 2.08. The molecule has 0 heterocycles. The summed E-state index contributed by atoms with van der Waals surface area (Å²) < 4.78 is 18.9. The second-order valence-corrected chi connectivity index (χ2v) is 7.54. The number of hydrogen-bond acceptors (Lipinski definition) is 3. The van der Waals surface area contributed by atoms with Crippen molar-refractivity contribution < 1.29 is 13.9 Å². The van der Waals surface area contributed by atoms with Crippen LogP contribution in [0.25, 0.3) is 0 Å². The van der Waals surface area contributed by atoms with Crippen LogP contribution in [0.5, 0.6) is 5.75 Å². The van der Waals surface area contributed by atoms with Gasteiger partial charge in [0.2, 0.25) is 0 Å². The van der Waals surface area contributed by atoms with Gasteiger partial charge in [0.1, 0.15) is 18.2 Å². The molecule has 30 heavy (non-hydrogen) atoms. The van der Waals surface area contributed by atoms with Crippen molar-refractivity contribution in [3.05, 3.63) is 98.3 Å². The molecule has 4 nitrogen and oxygen atoms in total. The molecule has 3 aromatic rings. The molecule has 0 atom stereocenters. The average Bonchev–Trinajstić information content (AvgIpc) is 2.70. The van der Waals surface area contributed by atoms with Crippen LogP contribution in [0, 0.1) is 19.7 Å². The number of carbonyl (C=O) groups excluding carboxylic acids is 1. The standard InChI is InChI=1S/C23H19Cl2FN2O2/c1-14-9-17(12-27-28-23(29)18-4-6-19(26)7-5-18)10-15(2)22(14)30-13-16-3-8-20(24)21(25)11-16/h3-12H,13H2,1-2H3,(H,28,29)/b27-12-. The van der Waals surface area contributed by atoms with Crippen molar-refractivity contribution in [2.45, 2.75) is 20.5 Å². The maximum absolute atomic E-state index is 12.9. The van der Waals surface area contributed by atoms with Gasteiger partial charge in [-0.05, 0) is 84.6 Å². The van der Waals surface area contributed by atoms with Crippen LogP contribution in [0.15, 0.2) is 59.7 Å². The Labute approximate surface area is 184 Å². The van der Waals surface area contributed by atoms with Gasteiger partial charge in [-0.1, -0.05) is 29.3 Å². The summed E-state index contributed by atoms with van der Waals surface area (Å²) in [6, 6.07) is 14.4. The molecule has 154 valence electrons. The third-order valence-electron chi connectivity index (χ3n) is 4.34. The van der Waals surface area contributed by atoms with Crippen LogP contribution in [0.2, 0.25) is 10.0 Å². The number of halogens is 3. The lowest BCUT2D eigenvalue weighted by atomic mass is 10.1. The van der Waals surface area contributed by atoms with E-state index in [0.717, 1.165) is 28.0 Å². The summed E-state index contributed by atoms with van der Waals surface area (Å²) in [5.74, 6) is -0.0442. The van der Waals surface area contributed by atoms with E-state index in [-0.39, 0.29) is 0 Å². The van der Waals surface area contributed by atoms with E-state index in [9.17, 15) is 9.18 Å². The molecule has 0 bridgehead atoms. The van der Waals surface area contributed by atoms with E-state index in [0.29, 0.717) is 22.2 Å². The molecule has 3 rings (SSSR count). The highest BCUT2D eigenvalue weighted by atomic mass is 35.5. The van der Waals surface area contributed by atoms with Crippen molar-refractivity contribution in [3.8, 4) is 5.75 Å². The van der Waals surface area contributed by atoms with Gasteiger partial charge in [-0.25, -0.2) is 9.82 Å². The number of amides is 1. The largest absolute Gasteiger partial charge is 0.488 e. The molecule has 3 aromatic carbocycles. The number of nitrogens with one attached hydrogen (secondary N) is 1. The Balaban J connectivity index is 1.64. The number of ether oxygens (including phenoxy) is 1. The quantitative estimate of drug-likeness (QED) is 0.369. The highest BCUT2D eigenvalue weighted by Crippen LogP contribution is 2.27. The Kier molecular flexibility index (Phi) is 7.08. The van der Waals surface area contributed by atoms with E-state index in [1.165, 1.54) is 24.3 Å². The Hall–Kier alpha value is -2.89. The van der Waals surface area contributed by atoms with Crippen LogP contribution in [0.1, 0.15) is 32.6 Å². The van der Waals surface area contributed by atoms with E-state index < -0.39 is 11.7 Å². The molecule has 1 N–H and O–H groups in total. The number of carbonyl (C=O) groups is 1. The zero-order chi connectivity index (χ0) is 21.7. The van der Waals surface area contributed by atoms with Gasteiger partial charge >= 0.3 is 0 Å². The lowest BCUT2D eigenvalue weighted by Gasteiger charge is -2.13. The molecule has 0 aliphatic carbocycles. The summed E-state index contributed by atoms with van der Waals surface area (Å²) in [7, 11) is 0. The zero-order valence-corrected chi connectivity index (χ0v) is 17.9. The summed E-state index contributed by atoms with van der Waals surface area (Å²) in [5, 5.41) is 4.97. The molecular formula is C23H19Cl2FN2O2. The molecule has 0 aliphatic rings. The predicted molar refractivity (Wildman–Crippen MR) is 118 cm³/mol. The van der Waals surface area contributed by atoms with Gasteiger partial charge in [0, 0.05) is 5.56 Å². The topological polar surface area (TPSA) is 50.7 Å². The van der Waals surface area contributed by atoms with Crippen molar-refractivity contribution in [2.75, 3.05) is 0 Å². The molecule has 0 unspecified atom stereocenters. The third-order valence-corrected chi connectivity index (χ3v) is 5.07. The molecule has 0 aliphatic heterocycles. The fourth-order valence-electron chi connectivity index (χ4n) is 2.90. The molecule has 7 heteroatoms. The van der Waals surface area contributed by atoms with Crippen LogP contribution < -0.4 is 10.2 Å². The predicted octanol–water partition coefficient (Wildman–Crippen LogP) is 6.09. The highest BCUT2D eigenvalue weighted by molar-refractivity contribution is 6.42. The lowest BCUT2D eigenvalue weighted by Crippen LogP contribution is -2.17. The van der Waals surface area contributed by atoms with E-state index >= 15 is 0 Å². The molecule has 0 radical (unpaired) electrons. The first kappa shape index (κ1) is 21.8. The molecule has 0 aromatic heterocycles. The molecule has 0 saturated heterocycles. The smallest absolute Gasteiger partial charge is 0.271 e. The number of nitrogens with zero attached hydrogens (tertiary/aromatic N) is 1. The number of hydrazone groups is 1. The molecule has 0 saturated carbocycles. The van der Waals surface area contributed by atoms with E-state index in [1.807, 2.05) is 32.0 Å². The van der Waals surface area contributed by atoms with Crippen molar-refractivity contribution >= 4 is 35.3 Å². The van der Waals surface area contributed by atoms with E-state index in [2.05, 4.69) is 10.5 Å². The molecule has 1 amide bonds. The maximum Gasteiger partial charge on any atom is 0.271 e. The van der Waals surface area contributed by atoms with Crippen molar-refractivity contribution in [3.63, 3.8) is 0 Å². The number of hydrogen-bond donors (Lipinski definition) is 1. The Bertz CT molecular complexity index is 1080. The lowest BCUT2D eigenvalue weighted by molar-refractivity contribution is 0.0955. The first-order valence-corrected chi connectivity index (χ1v) is 9.86. The molecule has 0 fully saturated rings. The van der Waals surface area contributed by atoms with Crippen molar-refractivity contribution in [1.82, 2.24) is 5.43 Å².